The summed E-state index contributed by atoms with van der Waals surface area (Å²) in [4.78, 5) is 42.3. The van der Waals surface area contributed by atoms with E-state index in [2.05, 4.69) is 11.4 Å². The molecule has 0 radical (unpaired) electrons. The summed E-state index contributed by atoms with van der Waals surface area (Å²) in [6, 6.07) is 23.0. The summed E-state index contributed by atoms with van der Waals surface area (Å²) in [5.74, 6) is -0.618. The molecule has 0 saturated carbocycles. The van der Waals surface area contributed by atoms with Gasteiger partial charge in [-0.05, 0) is 54.7 Å². The second-order valence-corrected chi connectivity index (χ2v) is 11.2. The number of benzene rings is 3. The molecule has 3 N–H and O–H groups in total. The van der Waals surface area contributed by atoms with Gasteiger partial charge in [-0.1, -0.05) is 78.9 Å². The van der Waals surface area contributed by atoms with Crippen LogP contribution < -0.4 is 11.1 Å². The molecule has 7 heteroatoms. The summed E-state index contributed by atoms with van der Waals surface area (Å²) >= 11 is 0. The molecule has 0 unspecified atom stereocenters. The van der Waals surface area contributed by atoms with E-state index in [4.69, 9.17) is 5.73 Å². The number of hydrogen-bond donors (Lipinski definition) is 2. The number of carbonyl (C=O) groups excluding carboxylic acids is 3. The average Bonchev–Trinajstić information content (AvgIpc) is 2.92. The normalized spacial score (nSPS) is 13.2. The highest BCUT2D eigenvalue weighted by atomic mass is 16.2. The van der Waals surface area contributed by atoms with Crippen molar-refractivity contribution in [1.29, 1.82) is 0 Å². The van der Waals surface area contributed by atoms with Crippen LogP contribution in [0.1, 0.15) is 38.3 Å². The molecule has 3 aromatic carbocycles. The van der Waals surface area contributed by atoms with E-state index in [9.17, 15) is 14.4 Å². The fourth-order valence-electron chi connectivity index (χ4n) is 4.62. The van der Waals surface area contributed by atoms with Crippen LogP contribution in [0.3, 0.4) is 0 Å². The second kappa shape index (κ2) is 13.9. The van der Waals surface area contributed by atoms with Gasteiger partial charge >= 0.3 is 0 Å². The van der Waals surface area contributed by atoms with Crippen molar-refractivity contribution < 1.29 is 14.4 Å². The van der Waals surface area contributed by atoms with Gasteiger partial charge in [0, 0.05) is 39.5 Å². The maximum absolute atomic E-state index is 14.1. The number of nitrogens with one attached hydrogen (secondary N) is 1. The van der Waals surface area contributed by atoms with E-state index < -0.39 is 11.6 Å². The number of nitrogens with two attached hydrogens (primary N) is 1. The van der Waals surface area contributed by atoms with Crippen LogP contribution in [-0.4, -0.2) is 65.8 Å². The average molecular weight is 543 g/mol. The summed E-state index contributed by atoms with van der Waals surface area (Å²) in [5, 5.41) is 5.06. The van der Waals surface area contributed by atoms with E-state index in [1.165, 1.54) is 17.9 Å². The Morgan fingerprint density at radius 2 is 1.52 bits per heavy atom. The van der Waals surface area contributed by atoms with Gasteiger partial charge in [-0.25, -0.2) is 0 Å². The lowest BCUT2D eigenvalue weighted by molar-refractivity contribution is -0.143. The van der Waals surface area contributed by atoms with Crippen molar-refractivity contribution in [3.05, 3.63) is 96.1 Å². The lowest BCUT2D eigenvalue weighted by Crippen LogP contribution is -2.54. The second-order valence-electron chi connectivity index (χ2n) is 11.2. The highest BCUT2D eigenvalue weighted by Crippen LogP contribution is 2.20. The van der Waals surface area contributed by atoms with E-state index in [1.54, 1.807) is 25.1 Å². The maximum Gasteiger partial charge on any atom is 0.246 e. The molecule has 3 rings (SSSR count). The van der Waals surface area contributed by atoms with Crippen LogP contribution >= 0.6 is 0 Å². The molecular formula is C33H42N4O3. The van der Waals surface area contributed by atoms with Crippen LogP contribution in [0, 0.1) is 0 Å². The third kappa shape index (κ3) is 9.06. The van der Waals surface area contributed by atoms with Crippen molar-refractivity contribution in [3.63, 3.8) is 0 Å². The Kier molecular flexibility index (Phi) is 10.6. The van der Waals surface area contributed by atoms with Crippen LogP contribution in [0.2, 0.25) is 0 Å². The van der Waals surface area contributed by atoms with Gasteiger partial charge in [-0.15, -0.1) is 0 Å². The smallest absolute Gasteiger partial charge is 0.246 e. The first-order chi connectivity index (χ1) is 18.9. The van der Waals surface area contributed by atoms with Crippen LogP contribution in [0.25, 0.3) is 10.8 Å². The molecule has 212 valence electrons. The van der Waals surface area contributed by atoms with Crippen LogP contribution in [0.15, 0.2) is 84.9 Å². The maximum atomic E-state index is 14.1. The minimum Gasteiger partial charge on any atom is -0.354 e. The molecule has 3 aromatic rings. The quantitative estimate of drug-likeness (QED) is 0.337. The lowest BCUT2D eigenvalue weighted by atomic mass is 9.98. The third-order valence-corrected chi connectivity index (χ3v) is 7.04. The zero-order valence-corrected chi connectivity index (χ0v) is 24.3. The molecule has 0 aliphatic heterocycles. The summed E-state index contributed by atoms with van der Waals surface area (Å²) in [6.45, 7) is 5.56. The molecule has 40 heavy (non-hydrogen) atoms. The van der Waals surface area contributed by atoms with Gasteiger partial charge in [0.2, 0.25) is 17.7 Å². The minimum absolute atomic E-state index is 0.160. The molecule has 0 fully saturated rings. The lowest BCUT2D eigenvalue weighted by Gasteiger charge is -2.35. The zero-order valence-electron chi connectivity index (χ0n) is 24.3. The summed E-state index contributed by atoms with van der Waals surface area (Å²) in [5.41, 5.74) is 7.65. The number of amides is 3. The van der Waals surface area contributed by atoms with Crippen molar-refractivity contribution in [1.82, 2.24) is 15.1 Å². The molecule has 0 spiro atoms. The third-order valence-electron chi connectivity index (χ3n) is 7.04. The molecule has 0 aromatic heterocycles. The standard InChI is InChI=1S/C33H42N4O3/c1-24(38)35-23-29(21-25-12-7-6-8-13-25)36(4)32(40)30(37(5)31(39)16-11-19-33(2,3)34)22-26-17-18-27-14-9-10-15-28(27)20-26/h6-18,20,29-30H,19,21-23,34H2,1-5H3,(H,35,38)/t29-,30-/m1/s1. The largest absolute Gasteiger partial charge is 0.354 e. The highest BCUT2D eigenvalue weighted by molar-refractivity contribution is 5.93. The number of likely N-dealkylation sites (N-methyl/N-ethyl adjacent to an activating group) is 2. The number of carbonyl (C=O) groups is 3. The van der Waals surface area contributed by atoms with Crippen LogP contribution in [0.5, 0.6) is 0 Å². The van der Waals surface area contributed by atoms with Crippen molar-refractivity contribution in [3.8, 4) is 0 Å². The summed E-state index contributed by atoms with van der Waals surface area (Å²) in [7, 11) is 3.41. The first-order valence-corrected chi connectivity index (χ1v) is 13.7. The zero-order chi connectivity index (χ0) is 29.3. The van der Waals surface area contributed by atoms with Gasteiger partial charge in [-0.2, -0.15) is 0 Å². The minimum atomic E-state index is -0.746. The van der Waals surface area contributed by atoms with Gasteiger partial charge in [0.1, 0.15) is 6.04 Å². The van der Waals surface area contributed by atoms with Gasteiger partial charge in [0.15, 0.2) is 0 Å². The molecule has 0 saturated heterocycles. The Bertz CT molecular complexity index is 1330. The number of hydrogen-bond acceptors (Lipinski definition) is 4. The Morgan fingerprint density at radius 1 is 0.875 bits per heavy atom. The van der Waals surface area contributed by atoms with Crippen LogP contribution in [-0.2, 0) is 27.2 Å². The SMILES string of the molecule is CC(=O)NC[C@@H](Cc1ccccc1)N(C)C(=O)[C@@H](Cc1ccc2ccccc2c1)N(C)C(=O)C=CCC(C)(C)N. The number of fused-ring (bicyclic) bond motifs is 1. The monoisotopic (exact) mass is 542 g/mol. The molecule has 2 atom stereocenters. The Hall–Kier alpha value is -3.97. The predicted octanol–water partition coefficient (Wildman–Crippen LogP) is 4.10. The Balaban J connectivity index is 1.91. The van der Waals surface area contributed by atoms with Crippen LogP contribution in [0.4, 0.5) is 0 Å². The molecule has 3 amide bonds. The topological polar surface area (TPSA) is 95.7 Å². The van der Waals surface area contributed by atoms with Gasteiger partial charge in [0.25, 0.3) is 0 Å². The van der Waals surface area contributed by atoms with E-state index in [0.29, 0.717) is 25.8 Å². The van der Waals surface area contributed by atoms with Crippen molar-refractivity contribution in [2.24, 2.45) is 5.73 Å². The van der Waals surface area contributed by atoms with Gasteiger partial charge < -0.3 is 20.9 Å². The first kappa shape index (κ1) is 30.6. The van der Waals surface area contributed by atoms with Crippen molar-refractivity contribution >= 4 is 28.5 Å². The van der Waals surface area contributed by atoms with Crippen molar-refractivity contribution in [2.45, 2.75) is 57.7 Å². The molecule has 7 nitrogen and oxygen atoms in total. The summed E-state index contributed by atoms with van der Waals surface area (Å²) in [6.07, 6.45) is 4.70. The molecule has 0 bridgehead atoms. The molecule has 0 aliphatic carbocycles. The Labute approximate surface area is 238 Å². The highest BCUT2D eigenvalue weighted by Gasteiger charge is 2.32. The van der Waals surface area contributed by atoms with E-state index in [0.717, 1.165) is 21.9 Å². The molecule has 0 aliphatic rings. The molecule has 0 heterocycles. The summed E-state index contributed by atoms with van der Waals surface area (Å²) < 4.78 is 0. The Morgan fingerprint density at radius 3 is 2.17 bits per heavy atom. The van der Waals surface area contributed by atoms with Gasteiger partial charge in [-0.3, -0.25) is 14.4 Å². The number of rotatable bonds is 12. The van der Waals surface area contributed by atoms with E-state index in [-0.39, 0.29) is 23.8 Å². The predicted molar refractivity (Wildman–Crippen MR) is 162 cm³/mol. The van der Waals surface area contributed by atoms with Crippen molar-refractivity contribution in [2.75, 3.05) is 20.6 Å². The fourth-order valence-corrected chi connectivity index (χ4v) is 4.62. The van der Waals surface area contributed by atoms with E-state index >= 15 is 0 Å². The number of nitrogens with zero attached hydrogens (tertiary/aromatic N) is 2. The first-order valence-electron chi connectivity index (χ1n) is 13.7. The molecular weight excluding hydrogens is 500 g/mol. The van der Waals surface area contributed by atoms with E-state index in [1.807, 2.05) is 80.6 Å². The fraction of sp³-hybridized carbons (Fsp3) is 0.364. The van der Waals surface area contributed by atoms with Gasteiger partial charge in [0.05, 0.1) is 6.04 Å².